The summed E-state index contributed by atoms with van der Waals surface area (Å²) in [5, 5.41) is 5.19. The fourth-order valence-electron chi connectivity index (χ4n) is 5.52. The lowest BCUT2D eigenvalue weighted by atomic mass is 9.93. The number of rotatable bonds is 21. The normalized spacial score (nSPS) is 14.7. The largest absolute Gasteiger partial charge is 0.384 e. The van der Waals surface area contributed by atoms with Crippen LogP contribution >= 0.6 is 0 Å². The van der Waals surface area contributed by atoms with Crippen molar-refractivity contribution >= 4 is 28.3 Å². The van der Waals surface area contributed by atoms with Crippen LogP contribution in [0.4, 0.5) is 5.69 Å². The average Bonchev–Trinajstić information content (AvgIpc) is 2.98. The Balaban J connectivity index is 1.53. The third kappa shape index (κ3) is 8.78. The van der Waals surface area contributed by atoms with Crippen LogP contribution in [-0.4, -0.2) is 56.2 Å². The van der Waals surface area contributed by atoms with Gasteiger partial charge in [-0.2, -0.15) is 0 Å². The molecule has 1 heterocycles. The number of ether oxygens (including phenoxy) is 2. The van der Waals surface area contributed by atoms with Crippen LogP contribution in [0.1, 0.15) is 113 Å². The minimum Gasteiger partial charge on any atom is -0.384 e. The number of hydrogen-bond donors (Lipinski definition) is 1. The Morgan fingerprint density at radius 2 is 1.35 bits per heavy atom. The Labute approximate surface area is 242 Å². The minimum absolute atomic E-state index is 0.211. The van der Waals surface area contributed by atoms with Crippen LogP contribution in [-0.2, 0) is 9.47 Å². The Morgan fingerprint density at radius 1 is 0.750 bits per heavy atom. The molecule has 6 nitrogen and oxygen atoms in total. The van der Waals surface area contributed by atoms with Crippen molar-refractivity contribution < 1.29 is 19.1 Å². The second kappa shape index (κ2) is 17.4. The summed E-state index contributed by atoms with van der Waals surface area (Å²) < 4.78 is 11.9. The Hall–Kier alpha value is -2.44. The second-order valence-electron chi connectivity index (χ2n) is 11.3. The van der Waals surface area contributed by atoms with Crippen molar-refractivity contribution in [2.75, 3.05) is 44.8 Å². The van der Waals surface area contributed by atoms with Crippen LogP contribution in [0, 0.1) is 11.8 Å². The number of imide groups is 1. The van der Waals surface area contributed by atoms with Crippen molar-refractivity contribution in [1.29, 1.82) is 0 Å². The van der Waals surface area contributed by atoms with E-state index in [0.29, 0.717) is 42.5 Å². The lowest BCUT2D eigenvalue weighted by molar-refractivity contribution is 0.0561. The number of hydrogen-bond acceptors (Lipinski definition) is 5. The standard InChI is InChI=1S/C34H52N2O4/c1-5-9-14-26(7-3)24-39-22-12-20-35-31-19-18-30-32-28(31)16-11-17-29(32)33(37)36(34(30)38)21-13-23-40-25-27(8-4)15-10-6-2/h11,16-19,26-27,35H,5-10,12-15,20-25H2,1-4H3. The zero-order valence-electron chi connectivity index (χ0n) is 25.4. The van der Waals surface area contributed by atoms with Gasteiger partial charge in [-0.15, -0.1) is 0 Å². The molecule has 1 N–H and O–H groups in total. The van der Waals surface area contributed by atoms with Gasteiger partial charge in [0.2, 0.25) is 0 Å². The molecule has 0 aliphatic carbocycles. The lowest BCUT2D eigenvalue weighted by Gasteiger charge is -2.28. The Morgan fingerprint density at radius 3 is 1.95 bits per heavy atom. The molecule has 0 spiro atoms. The molecule has 222 valence electrons. The first-order chi connectivity index (χ1) is 19.5. The highest BCUT2D eigenvalue weighted by Gasteiger charge is 2.32. The number of unbranched alkanes of at least 4 members (excludes halogenated alkanes) is 2. The molecule has 2 atom stereocenters. The summed E-state index contributed by atoms with van der Waals surface area (Å²) in [5.41, 5.74) is 2.15. The van der Waals surface area contributed by atoms with Crippen molar-refractivity contribution in [3.63, 3.8) is 0 Å². The molecule has 2 unspecified atom stereocenters. The van der Waals surface area contributed by atoms with Gasteiger partial charge in [-0.05, 0) is 55.7 Å². The molecule has 6 heteroatoms. The predicted molar refractivity (Wildman–Crippen MR) is 165 cm³/mol. The van der Waals surface area contributed by atoms with Crippen LogP contribution in [0.5, 0.6) is 0 Å². The van der Waals surface area contributed by atoms with Crippen molar-refractivity contribution in [3.05, 3.63) is 41.5 Å². The van der Waals surface area contributed by atoms with Gasteiger partial charge >= 0.3 is 0 Å². The zero-order chi connectivity index (χ0) is 28.7. The highest BCUT2D eigenvalue weighted by atomic mass is 16.5. The van der Waals surface area contributed by atoms with Gasteiger partial charge in [0.25, 0.3) is 11.8 Å². The van der Waals surface area contributed by atoms with Gasteiger partial charge in [-0.1, -0.05) is 78.4 Å². The Bertz CT molecular complexity index is 1050. The zero-order valence-corrected chi connectivity index (χ0v) is 25.4. The van der Waals surface area contributed by atoms with E-state index in [-0.39, 0.29) is 11.8 Å². The van der Waals surface area contributed by atoms with Gasteiger partial charge in [0.05, 0.1) is 0 Å². The summed E-state index contributed by atoms with van der Waals surface area (Å²) >= 11 is 0. The van der Waals surface area contributed by atoms with Crippen molar-refractivity contribution in [3.8, 4) is 0 Å². The molecule has 0 radical (unpaired) electrons. The first-order valence-electron chi connectivity index (χ1n) is 15.9. The summed E-state index contributed by atoms with van der Waals surface area (Å²) in [6, 6.07) is 9.57. The molecule has 0 aromatic heterocycles. The molecule has 0 saturated heterocycles. The van der Waals surface area contributed by atoms with Gasteiger partial charge in [-0.25, -0.2) is 0 Å². The van der Waals surface area contributed by atoms with Gasteiger partial charge in [-0.3, -0.25) is 14.5 Å². The molecule has 2 aromatic rings. The van der Waals surface area contributed by atoms with E-state index in [1.54, 1.807) is 0 Å². The molecule has 0 fully saturated rings. The van der Waals surface area contributed by atoms with Gasteiger partial charge in [0.15, 0.2) is 0 Å². The summed E-state index contributed by atoms with van der Waals surface area (Å²) in [4.78, 5) is 28.1. The number of amides is 2. The fourth-order valence-corrected chi connectivity index (χ4v) is 5.52. The molecule has 2 amide bonds. The van der Waals surface area contributed by atoms with E-state index in [4.69, 9.17) is 9.47 Å². The molecule has 0 bridgehead atoms. The quantitative estimate of drug-likeness (QED) is 0.125. The van der Waals surface area contributed by atoms with Gasteiger partial charge in [0, 0.05) is 67.1 Å². The summed E-state index contributed by atoms with van der Waals surface area (Å²) in [5.74, 6) is 0.814. The molecule has 1 aliphatic rings. The first kappa shape index (κ1) is 32.1. The van der Waals surface area contributed by atoms with Gasteiger partial charge in [0.1, 0.15) is 0 Å². The van der Waals surface area contributed by atoms with E-state index in [1.165, 1.54) is 49.8 Å². The minimum atomic E-state index is -0.211. The average molecular weight is 553 g/mol. The molecule has 0 saturated carbocycles. The van der Waals surface area contributed by atoms with Crippen LogP contribution in [0.15, 0.2) is 30.3 Å². The van der Waals surface area contributed by atoms with Crippen molar-refractivity contribution in [2.45, 2.75) is 91.9 Å². The third-order valence-corrected chi connectivity index (χ3v) is 8.24. The molecule has 3 rings (SSSR count). The number of anilines is 1. The topological polar surface area (TPSA) is 67.9 Å². The predicted octanol–water partition coefficient (Wildman–Crippen LogP) is 8.09. The smallest absolute Gasteiger partial charge is 0.261 e. The molecule has 2 aromatic carbocycles. The van der Waals surface area contributed by atoms with E-state index in [9.17, 15) is 9.59 Å². The first-order valence-corrected chi connectivity index (χ1v) is 15.9. The molecular formula is C34H52N2O4. The number of carbonyl (C=O) groups excluding carboxylic acids is 2. The number of nitrogens with one attached hydrogen (secondary N) is 1. The third-order valence-electron chi connectivity index (χ3n) is 8.24. The Kier molecular flexibility index (Phi) is 13.9. The van der Waals surface area contributed by atoms with Crippen LogP contribution in [0.25, 0.3) is 10.8 Å². The maximum atomic E-state index is 13.4. The van der Waals surface area contributed by atoms with Crippen LogP contribution in [0.2, 0.25) is 0 Å². The van der Waals surface area contributed by atoms with Crippen LogP contribution < -0.4 is 5.32 Å². The number of benzene rings is 2. The van der Waals surface area contributed by atoms with E-state index in [1.807, 2.05) is 30.3 Å². The van der Waals surface area contributed by atoms with Crippen molar-refractivity contribution in [1.82, 2.24) is 4.90 Å². The van der Waals surface area contributed by atoms with E-state index in [0.717, 1.165) is 55.7 Å². The highest BCUT2D eigenvalue weighted by Crippen LogP contribution is 2.34. The van der Waals surface area contributed by atoms with E-state index < -0.39 is 0 Å². The number of nitrogens with zero attached hydrogens (tertiary/aromatic N) is 1. The molecule has 1 aliphatic heterocycles. The second-order valence-corrected chi connectivity index (χ2v) is 11.3. The molecular weight excluding hydrogens is 500 g/mol. The SMILES string of the molecule is CCCCC(CC)COCCCNc1ccc2c3c(cccc13)C(=O)N(CCCOCC(CC)CCCC)C2=O. The van der Waals surface area contributed by atoms with Crippen molar-refractivity contribution in [2.24, 2.45) is 11.8 Å². The molecule has 40 heavy (non-hydrogen) atoms. The summed E-state index contributed by atoms with van der Waals surface area (Å²) in [7, 11) is 0. The summed E-state index contributed by atoms with van der Waals surface area (Å²) in [6.07, 6.45) is 11.2. The van der Waals surface area contributed by atoms with Gasteiger partial charge < -0.3 is 14.8 Å². The van der Waals surface area contributed by atoms with Crippen LogP contribution in [0.3, 0.4) is 0 Å². The highest BCUT2D eigenvalue weighted by molar-refractivity contribution is 6.26. The maximum Gasteiger partial charge on any atom is 0.261 e. The maximum absolute atomic E-state index is 13.4. The number of carbonyl (C=O) groups is 2. The van der Waals surface area contributed by atoms with E-state index in [2.05, 4.69) is 33.0 Å². The summed E-state index contributed by atoms with van der Waals surface area (Å²) in [6.45, 7) is 12.9. The lowest BCUT2D eigenvalue weighted by Crippen LogP contribution is -2.41. The monoisotopic (exact) mass is 552 g/mol. The van der Waals surface area contributed by atoms with E-state index >= 15 is 0 Å². The fraction of sp³-hybridized carbons (Fsp3) is 0.647.